The van der Waals surface area contributed by atoms with E-state index < -0.39 is 0 Å². The normalized spacial score (nSPS) is 19.9. The lowest BCUT2D eigenvalue weighted by Gasteiger charge is -2.44. The highest BCUT2D eigenvalue weighted by Gasteiger charge is 2.41. The molecule has 0 aromatic heterocycles. The van der Waals surface area contributed by atoms with Gasteiger partial charge in [-0.2, -0.15) is 0 Å². The second kappa shape index (κ2) is 6.69. The van der Waals surface area contributed by atoms with E-state index >= 15 is 0 Å². The molecular formula is C13H28N2O2. The molecule has 1 aliphatic rings. The van der Waals surface area contributed by atoms with Crippen LogP contribution in [0.1, 0.15) is 33.1 Å². The number of methoxy groups -OCH3 is 2. The zero-order chi connectivity index (χ0) is 12.9. The van der Waals surface area contributed by atoms with Gasteiger partial charge in [0.1, 0.15) is 0 Å². The van der Waals surface area contributed by atoms with Gasteiger partial charge in [-0.3, -0.25) is 4.90 Å². The summed E-state index contributed by atoms with van der Waals surface area (Å²) in [6, 6.07) is 0. The van der Waals surface area contributed by atoms with E-state index in [1.165, 1.54) is 12.8 Å². The van der Waals surface area contributed by atoms with Crippen LogP contribution in [0.15, 0.2) is 0 Å². The van der Waals surface area contributed by atoms with Crippen LogP contribution < -0.4 is 5.73 Å². The molecule has 17 heavy (non-hydrogen) atoms. The topological polar surface area (TPSA) is 47.7 Å². The molecule has 0 aliphatic heterocycles. The standard InChI is InChI=1S/C13H28N2O2/c1-5-8-15(9-11-6-7-11)13(2,10-14)12(16-3)17-4/h11-12H,5-10,14H2,1-4H3. The maximum absolute atomic E-state index is 5.98. The first kappa shape index (κ1) is 14.9. The van der Waals surface area contributed by atoms with E-state index in [4.69, 9.17) is 15.2 Å². The minimum absolute atomic E-state index is 0.234. The van der Waals surface area contributed by atoms with E-state index in [1.54, 1.807) is 14.2 Å². The third-order valence-corrected chi connectivity index (χ3v) is 3.74. The predicted molar refractivity (Wildman–Crippen MR) is 69.9 cm³/mol. The number of rotatable bonds is 9. The molecule has 2 N–H and O–H groups in total. The molecule has 0 aromatic rings. The molecule has 1 saturated carbocycles. The highest BCUT2D eigenvalue weighted by molar-refractivity contribution is 4.93. The second-order valence-corrected chi connectivity index (χ2v) is 5.25. The molecule has 1 rings (SSSR count). The Morgan fingerprint density at radius 2 is 1.94 bits per heavy atom. The summed E-state index contributed by atoms with van der Waals surface area (Å²) >= 11 is 0. The quantitative estimate of drug-likeness (QED) is 0.624. The van der Waals surface area contributed by atoms with E-state index in [9.17, 15) is 0 Å². The van der Waals surface area contributed by atoms with Crippen LogP contribution in [0.4, 0.5) is 0 Å². The average Bonchev–Trinajstić information content (AvgIpc) is 3.13. The smallest absolute Gasteiger partial charge is 0.176 e. The third-order valence-electron chi connectivity index (χ3n) is 3.74. The van der Waals surface area contributed by atoms with Gasteiger partial charge in [-0.1, -0.05) is 6.92 Å². The van der Waals surface area contributed by atoms with Crippen molar-refractivity contribution in [3.05, 3.63) is 0 Å². The first-order valence-corrected chi connectivity index (χ1v) is 6.63. The molecule has 0 amide bonds. The number of nitrogens with two attached hydrogens (primary N) is 1. The van der Waals surface area contributed by atoms with Gasteiger partial charge in [-0.15, -0.1) is 0 Å². The number of nitrogens with zero attached hydrogens (tertiary/aromatic N) is 1. The maximum Gasteiger partial charge on any atom is 0.176 e. The minimum atomic E-state index is -0.266. The maximum atomic E-state index is 5.98. The molecule has 1 fully saturated rings. The Morgan fingerprint density at radius 3 is 2.29 bits per heavy atom. The summed E-state index contributed by atoms with van der Waals surface area (Å²) in [6.07, 6.45) is 3.57. The van der Waals surface area contributed by atoms with E-state index in [0.717, 1.165) is 25.4 Å². The Hall–Kier alpha value is -0.160. The molecule has 4 heteroatoms. The van der Waals surface area contributed by atoms with Crippen molar-refractivity contribution in [1.82, 2.24) is 4.90 Å². The van der Waals surface area contributed by atoms with Crippen molar-refractivity contribution < 1.29 is 9.47 Å². The summed E-state index contributed by atoms with van der Waals surface area (Å²) in [7, 11) is 3.37. The Balaban J connectivity index is 2.75. The van der Waals surface area contributed by atoms with Crippen LogP contribution in [0, 0.1) is 5.92 Å². The fraction of sp³-hybridized carbons (Fsp3) is 1.00. The van der Waals surface area contributed by atoms with Gasteiger partial charge in [0, 0.05) is 27.3 Å². The number of ether oxygens (including phenoxy) is 2. The lowest BCUT2D eigenvalue weighted by molar-refractivity contribution is -0.182. The highest BCUT2D eigenvalue weighted by Crippen LogP contribution is 2.33. The SMILES string of the molecule is CCCN(CC1CC1)C(C)(CN)C(OC)OC. The Kier molecular flexibility index (Phi) is 5.86. The van der Waals surface area contributed by atoms with Crippen LogP contribution in [-0.2, 0) is 9.47 Å². The minimum Gasteiger partial charge on any atom is -0.354 e. The van der Waals surface area contributed by atoms with E-state index in [2.05, 4.69) is 18.7 Å². The lowest BCUT2D eigenvalue weighted by atomic mass is 9.97. The number of hydrogen-bond donors (Lipinski definition) is 1. The lowest BCUT2D eigenvalue weighted by Crippen LogP contribution is -2.61. The average molecular weight is 244 g/mol. The van der Waals surface area contributed by atoms with Gasteiger partial charge in [0.2, 0.25) is 0 Å². The molecule has 0 spiro atoms. The Morgan fingerprint density at radius 1 is 1.35 bits per heavy atom. The van der Waals surface area contributed by atoms with Crippen molar-refractivity contribution in [3.63, 3.8) is 0 Å². The molecule has 102 valence electrons. The van der Waals surface area contributed by atoms with E-state index in [-0.39, 0.29) is 11.8 Å². The van der Waals surface area contributed by atoms with Crippen molar-refractivity contribution in [3.8, 4) is 0 Å². The van der Waals surface area contributed by atoms with Crippen LogP contribution in [0.2, 0.25) is 0 Å². The van der Waals surface area contributed by atoms with Gasteiger partial charge >= 0.3 is 0 Å². The zero-order valence-electron chi connectivity index (χ0n) is 11.7. The molecule has 0 bridgehead atoms. The zero-order valence-corrected chi connectivity index (χ0v) is 11.7. The summed E-state index contributed by atoms with van der Waals surface area (Å²) in [5, 5.41) is 0. The van der Waals surface area contributed by atoms with E-state index in [0.29, 0.717) is 6.54 Å². The summed E-state index contributed by atoms with van der Waals surface area (Å²) in [5.41, 5.74) is 5.75. The highest BCUT2D eigenvalue weighted by atomic mass is 16.7. The van der Waals surface area contributed by atoms with Crippen LogP contribution in [0.3, 0.4) is 0 Å². The molecule has 0 saturated heterocycles. The van der Waals surface area contributed by atoms with Crippen LogP contribution in [0.25, 0.3) is 0 Å². The second-order valence-electron chi connectivity index (χ2n) is 5.25. The summed E-state index contributed by atoms with van der Waals surface area (Å²) in [6.45, 7) is 7.05. The Bertz CT molecular complexity index is 217. The summed E-state index contributed by atoms with van der Waals surface area (Å²) < 4.78 is 10.9. The van der Waals surface area contributed by atoms with Gasteiger partial charge < -0.3 is 15.2 Å². The molecule has 1 unspecified atom stereocenters. The largest absolute Gasteiger partial charge is 0.354 e. The summed E-state index contributed by atoms with van der Waals surface area (Å²) in [5.74, 6) is 0.849. The van der Waals surface area contributed by atoms with E-state index in [1.807, 2.05) is 0 Å². The van der Waals surface area contributed by atoms with Gasteiger partial charge in [-0.25, -0.2) is 0 Å². The van der Waals surface area contributed by atoms with Crippen molar-refractivity contribution in [2.45, 2.75) is 44.9 Å². The van der Waals surface area contributed by atoms with Gasteiger partial charge in [0.25, 0.3) is 0 Å². The van der Waals surface area contributed by atoms with Crippen molar-refractivity contribution >= 4 is 0 Å². The molecule has 1 atom stereocenters. The fourth-order valence-corrected chi connectivity index (χ4v) is 2.42. The first-order valence-electron chi connectivity index (χ1n) is 6.63. The third kappa shape index (κ3) is 3.65. The molecule has 0 aromatic carbocycles. The molecule has 0 heterocycles. The molecule has 4 nitrogen and oxygen atoms in total. The van der Waals surface area contributed by atoms with Gasteiger partial charge in [-0.05, 0) is 38.6 Å². The molecular weight excluding hydrogens is 216 g/mol. The first-order chi connectivity index (χ1) is 8.12. The van der Waals surface area contributed by atoms with Crippen LogP contribution in [0.5, 0.6) is 0 Å². The fourth-order valence-electron chi connectivity index (χ4n) is 2.42. The molecule has 0 radical (unpaired) electrons. The Labute approximate surface area is 105 Å². The predicted octanol–water partition coefficient (Wildman–Crippen LogP) is 1.44. The van der Waals surface area contributed by atoms with Gasteiger partial charge in [0.15, 0.2) is 6.29 Å². The van der Waals surface area contributed by atoms with Crippen LogP contribution in [-0.4, -0.2) is 50.6 Å². The van der Waals surface area contributed by atoms with Gasteiger partial charge in [0.05, 0.1) is 5.54 Å². The van der Waals surface area contributed by atoms with Crippen molar-refractivity contribution in [1.29, 1.82) is 0 Å². The number of hydrogen-bond acceptors (Lipinski definition) is 4. The van der Waals surface area contributed by atoms with Crippen molar-refractivity contribution in [2.75, 3.05) is 33.9 Å². The monoisotopic (exact) mass is 244 g/mol. The van der Waals surface area contributed by atoms with Crippen LogP contribution >= 0.6 is 0 Å². The van der Waals surface area contributed by atoms with Crippen molar-refractivity contribution in [2.24, 2.45) is 11.7 Å². The summed E-state index contributed by atoms with van der Waals surface area (Å²) in [4.78, 5) is 2.45. The molecule has 1 aliphatic carbocycles.